The van der Waals surface area contributed by atoms with E-state index in [0.29, 0.717) is 22.3 Å². The molecule has 0 radical (unpaired) electrons. The first-order chi connectivity index (χ1) is 9.56. The van der Waals surface area contributed by atoms with Crippen molar-refractivity contribution in [2.24, 2.45) is 0 Å². The average molecular weight is 289 g/mol. The van der Waals surface area contributed by atoms with Crippen LogP contribution >= 0.6 is 11.6 Å². The van der Waals surface area contributed by atoms with E-state index in [0.717, 1.165) is 0 Å². The number of hydrogen-bond acceptors (Lipinski definition) is 2. The van der Waals surface area contributed by atoms with E-state index in [9.17, 15) is 4.79 Å². The zero-order valence-corrected chi connectivity index (χ0v) is 12.4. The first-order valence-electron chi connectivity index (χ1n) is 6.58. The lowest BCUT2D eigenvalue weighted by Gasteiger charge is -2.08. The van der Waals surface area contributed by atoms with Gasteiger partial charge in [-0.3, -0.25) is 4.79 Å². The highest BCUT2D eigenvalue weighted by atomic mass is 35.5. The fourth-order valence-electron chi connectivity index (χ4n) is 1.82. The number of ether oxygens (including phenoxy) is 1. The minimum absolute atomic E-state index is 0.0304. The van der Waals surface area contributed by atoms with Gasteiger partial charge >= 0.3 is 0 Å². The number of Topliss-reactive ketones (excluding diaryl/α,β-unsaturated/α-hetero) is 1. The summed E-state index contributed by atoms with van der Waals surface area (Å²) in [7, 11) is 0. The second kappa shape index (κ2) is 6.58. The van der Waals surface area contributed by atoms with E-state index in [4.69, 9.17) is 16.3 Å². The van der Waals surface area contributed by atoms with Gasteiger partial charge in [0.2, 0.25) is 0 Å². The van der Waals surface area contributed by atoms with Crippen molar-refractivity contribution in [1.82, 2.24) is 0 Å². The summed E-state index contributed by atoms with van der Waals surface area (Å²) in [5.74, 6) is 1.07. The summed E-state index contributed by atoms with van der Waals surface area (Å²) in [6.45, 7) is 4.28. The molecular formula is C17H17ClO2. The average Bonchev–Trinajstić information content (AvgIpc) is 2.46. The highest BCUT2D eigenvalue weighted by Gasteiger charge is 2.07. The van der Waals surface area contributed by atoms with Crippen LogP contribution in [0.3, 0.4) is 0 Å². The minimum Gasteiger partial charge on any atom is -0.485 e. The maximum absolute atomic E-state index is 12.0. The van der Waals surface area contributed by atoms with Crippen molar-refractivity contribution in [3.8, 4) is 5.75 Å². The summed E-state index contributed by atoms with van der Waals surface area (Å²) in [5.41, 5.74) is 1.89. The lowest BCUT2D eigenvalue weighted by Crippen LogP contribution is -2.11. The van der Waals surface area contributed by atoms with Crippen molar-refractivity contribution < 1.29 is 9.53 Å². The van der Waals surface area contributed by atoms with E-state index < -0.39 is 0 Å². The SMILES string of the molecule is CC(C)c1ccc(C(=O)COc2ccc(Cl)cc2)cc1. The van der Waals surface area contributed by atoms with Crippen molar-refractivity contribution in [3.63, 3.8) is 0 Å². The molecule has 3 heteroatoms. The third kappa shape index (κ3) is 3.84. The second-order valence-electron chi connectivity index (χ2n) is 4.94. The van der Waals surface area contributed by atoms with E-state index in [1.807, 2.05) is 24.3 Å². The van der Waals surface area contributed by atoms with E-state index in [2.05, 4.69) is 13.8 Å². The van der Waals surface area contributed by atoms with Crippen molar-refractivity contribution >= 4 is 17.4 Å². The molecule has 0 bridgehead atoms. The van der Waals surface area contributed by atoms with Gasteiger partial charge in [-0.15, -0.1) is 0 Å². The van der Waals surface area contributed by atoms with E-state index in [1.165, 1.54) is 5.56 Å². The molecule has 0 aliphatic heterocycles. The molecule has 20 heavy (non-hydrogen) atoms. The van der Waals surface area contributed by atoms with Gasteiger partial charge in [-0.2, -0.15) is 0 Å². The Morgan fingerprint density at radius 1 is 1.05 bits per heavy atom. The van der Waals surface area contributed by atoms with Crippen LogP contribution in [0.15, 0.2) is 48.5 Å². The summed E-state index contributed by atoms with van der Waals surface area (Å²) in [5, 5.41) is 0.646. The van der Waals surface area contributed by atoms with E-state index >= 15 is 0 Å². The Kier molecular flexibility index (Phi) is 4.80. The number of ketones is 1. The van der Waals surface area contributed by atoms with Crippen LogP contribution in [-0.2, 0) is 0 Å². The number of carbonyl (C=O) groups is 1. The number of benzene rings is 2. The molecule has 0 aliphatic carbocycles. The highest BCUT2D eigenvalue weighted by Crippen LogP contribution is 2.17. The zero-order chi connectivity index (χ0) is 14.5. The van der Waals surface area contributed by atoms with Crippen LogP contribution in [-0.4, -0.2) is 12.4 Å². The van der Waals surface area contributed by atoms with Crippen LogP contribution in [0.4, 0.5) is 0 Å². The molecule has 0 saturated carbocycles. The summed E-state index contributed by atoms with van der Waals surface area (Å²) >= 11 is 5.79. The Morgan fingerprint density at radius 2 is 1.65 bits per heavy atom. The molecule has 2 aromatic rings. The summed E-state index contributed by atoms with van der Waals surface area (Å²) in [6, 6.07) is 14.6. The van der Waals surface area contributed by atoms with Crippen LogP contribution < -0.4 is 4.74 Å². The number of carbonyl (C=O) groups excluding carboxylic acids is 1. The van der Waals surface area contributed by atoms with Crippen molar-refractivity contribution in [1.29, 1.82) is 0 Å². The normalized spacial score (nSPS) is 10.6. The molecule has 0 aromatic heterocycles. The Morgan fingerprint density at radius 3 is 2.20 bits per heavy atom. The van der Waals surface area contributed by atoms with Crippen LogP contribution in [0, 0.1) is 0 Å². The molecule has 0 atom stereocenters. The Labute approximate surface area is 124 Å². The third-order valence-electron chi connectivity index (χ3n) is 3.08. The second-order valence-corrected chi connectivity index (χ2v) is 5.38. The molecular weight excluding hydrogens is 272 g/mol. The lowest BCUT2D eigenvalue weighted by molar-refractivity contribution is 0.0921. The zero-order valence-electron chi connectivity index (χ0n) is 11.6. The van der Waals surface area contributed by atoms with Gasteiger partial charge in [-0.25, -0.2) is 0 Å². The quantitative estimate of drug-likeness (QED) is 0.744. The summed E-state index contributed by atoms with van der Waals surface area (Å²) in [6.07, 6.45) is 0. The largest absolute Gasteiger partial charge is 0.485 e. The molecule has 0 N–H and O–H groups in total. The Balaban J connectivity index is 1.96. The van der Waals surface area contributed by atoms with Crippen LogP contribution in [0.1, 0.15) is 35.7 Å². The lowest BCUT2D eigenvalue weighted by atomic mass is 10.0. The summed E-state index contributed by atoms with van der Waals surface area (Å²) in [4.78, 5) is 12.0. The van der Waals surface area contributed by atoms with Crippen molar-refractivity contribution in [2.75, 3.05) is 6.61 Å². The number of rotatable bonds is 5. The van der Waals surface area contributed by atoms with Crippen molar-refractivity contribution in [3.05, 3.63) is 64.7 Å². The molecule has 0 unspecified atom stereocenters. The maximum atomic E-state index is 12.0. The standard InChI is InChI=1S/C17H17ClO2/c1-12(2)13-3-5-14(6-4-13)17(19)11-20-16-9-7-15(18)8-10-16/h3-10,12H,11H2,1-2H3. The van der Waals surface area contributed by atoms with Gasteiger partial charge in [0.1, 0.15) is 5.75 Å². The van der Waals surface area contributed by atoms with Crippen LogP contribution in [0.25, 0.3) is 0 Å². The highest BCUT2D eigenvalue weighted by molar-refractivity contribution is 6.30. The minimum atomic E-state index is -0.0322. The van der Waals surface area contributed by atoms with E-state index in [-0.39, 0.29) is 12.4 Å². The number of hydrogen-bond donors (Lipinski definition) is 0. The fourth-order valence-corrected chi connectivity index (χ4v) is 1.94. The predicted octanol–water partition coefficient (Wildman–Crippen LogP) is 4.73. The van der Waals surface area contributed by atoms with Gasteiger partial charge in [0.25, 0.3) is 0 Å². The molecule has 0 amide bonds. The summed E-state index contributed by atoms with van der Waals surface area (Å²) < 4.78 is 5.45. The third-order valence-corrected chi connectivity index (χ3v) is 3.33. The van der Waals surface area contributed by atoms with Crippen molar-refractivity contribution in [2.45, 2.75) is 19.8 Å². The first kappa shape index (κ1) is 14.6. The number of halogens is 1. The van der Waals surface area contributed by atoms with Crippen LogP contribution in [0.5, 0.6) is 5.75 Å². The van der Waals surface area contributed by atoms with Gasteiger partial charge in [0.05, 0.1) is 0 Å². The predicted molar refractivity (Wildman–Crippen MR) is 81.8 cm³/mol. The molecule has 0 spiro atoms. The van der Waals surface area contributed by atoms with Gasteiger partial charge in [0, 0.05) is 10.6 Å². The molecule has 2 aromatic carbocycles. The maximum Gasteiger partial charge on any atom is 0.200 e. The van der Waals surface area contributed by atoms with Gasteiger partial charge in [0.15, 0.2) is 12.4 Å². The molecule has 2 nitrogen and oxygen atoms in total. The van der Waals surface area contributed by atoms with E-state index in [1.54, 1.807) is 24.3 Å². The molecule has 2 rings (SSSR count). The molecule has 0 aliphatic rings. The molecule has 0 saturated heterocycles. The first-order valence-corrected chi connectivity index (χ1v) is 6.95. The van der Waals surface area contributed by atoms with Gasteiger partial charge in [-0.1, -0.05) is 49.7 Å². The Bertz CT molecular complexity index is 571. The fraction of sp³-hybridized carbons (Fsp3) is 0.235. The molecule has 0 fully saturated rings. The van der Waals surface area contributed by atoms with Crippen LogP contribution in [0.2, 0.25) is 5.02 Å². The Hall–Kier alpha value is -1.80. The van der Waals surface area contributed by atoms with Gasteiger partial charge in [-0.05, 0) is 35.7 Å². The topological polar surface area (TPSA) is 26.3 Å². The monoisotopic (exact) mass is 288 g/mol. The van der Waals surface area contributed by atoms with Gasteiger partial charge < -0.3 is 4.74 Å². The molecule has 104 valence electrons. The smallest absolute Gasteiger partial charge is 0.200 e. The molecule has 0 heterocycles.